The third-order valence-electron chi connectivity index (χ3n) is 3.96. The summed E-state index contributed by atoms with van der Waals surface area (Å²) in [4.78, 5) is 0. The Morgan fingerprint density at radius 3 is 2.48 bits per heavy atom. The Labute approximate surface area is 134 Å². The molecule has 0 fully saturated rings. The molecule has 0 amide bonds. The van der Waals surface area contributed by atoms with Gasteiger partial charge in [-0.1, -0.05) is 12.1 Å². The lowest BCUT2D eigenvalue weighted by Gasteiger charge is -2.21. The van der Waals surface area contributed by atoms with E-state index in [-0.39, 0.29) is 11.5 Å². The van der Waals surface area contributed by atoms with Gasteiger partial charge in [-0.15, -0.1) is 0 Å². The zero-order valence-electron chi connectivity index (χ0n) is 12.8. The van der Waals surface area contributed by atoms with Crippen molar-refractivity contribution in [1.82, 2.24) is 5.32 Å². The van der Waals surface area contributed by atoms with Gasteiger partial charge in [0.1, 0.15) is 5.82 Å². The Bertz CT molecular complexity index is 838. The monoisotopic (exact) mass is 309 g/mol. The Morgan fingerprint density at radius 1 is 1.00 bits per heavy atom. The van der Waals surface area contributed by atoms with Crippen molar-refractivity contribution in [3.63, 3.8) is 0 Å². The SMILES string of the molecule is Cc1cc(N)ccc1C1=C(N)NCC(c2ccc(O)c(O)c2)=C1. The summed E-state index contributed by atoms with van der Waals surface area (Å²) in [7, 11) is 0. The van der Waals surface area contributed by atoms with E-state index in [0.717, 1.165) is 27.8 Å². The third kappa shape index (κ3) is 2.81. The Balaban J connectivity index is 2.06. The van der Waals surface area contributed by atoms with Gasteiger partial charge >= 0.3 is 0 Å². The number of rotatable bonds is 2. The molecule has 0 bridgehead atoms. The van der Waals surface area contributed by atoms with Gasteiger partial charge in [0, 0.05) is 17.8 Å². The summed E-state index contributed by atoms with van der Waals surface area (Å²) in [6.45, 7) is 2.54. The van der Waals surface area contributed by atoms with E-state index < -0.39 is 0 Å². The second-order valence-corrected chi connectivity index (χ2v) is 5.63. The van der Waals surface area contributed by atoms with Gasteiger partial charge in [-0.2, -0.15) is 0 Å². The van der Waals surface area contributed by atoms with Crippen molar-refractivity contribution in [2.75, 3.05) is 12.3 Å². The van der Waals surface area contributed by atoms with Gasteiger partial charge in [0.25, 0.3) is 0 Å². The van der Waals surface area contributed by atoms with Crippen molar-refractivity contribution in [3.8, 4) is 11.5 Å². The molecular formula is C18H19N3O2. The number of benzene rings is 2. The number of anilines is 1. The normalized spacial score (nSPS) is 14.4. The van der Waals surface area contributed by atoms with Gasteiger partial charge in [-0.05, 0) is 59.5 Å². The van der Waals surface area contributed by atoms with Crippen LogP contribution >= 0.6 is 0 Å². The fourth-order valence-corrected chi connectivity index (χ4v) is 2.71. The van der Waals surface area contributed by atoms with Crippen LogP contribution in [0.3, 0.4) is 0 Å². The summed E-state index contributed by atoms with van der Waals surface area (Å²) in [6, 6.07) is 10.5. The minimum absolute atomic E-state index is 0.136. The quantitative estimate of drug-likeness (QED) is 0.432. The number of aryl methyl sites for hydroxylation is 1. The third-order valence-corrected chi connectivity index (χ3v) is 3.96. The van der Waals surface area contributed by atoms with Gasteiger partial charge < -0.3 is 27.0 Å². The first-order chi connectivity index (χ1) is 11.0. The number of hydrogen-bond donors (Lipinski definition) is 5. The summed E-state index contributed by atoms with van der Waals surface area (Å²) in [5.74, 6) is 0.323. The van der Waals surface area contributed by atoms with Crippen LogP contribution in [0.4, 0.5) is 5.69 Å². The van der Waals surface area contributed by atoms with Crippen molar-refractivity contribution in [2.45, 2.75) is 6.92 Å². The molecule has 1 aliphatic rings. The number of aromatic hydroxyl groups is 2. The molecule has 7 N–H and O–H groups in total. The van der Waals surface area contributed by atoms with Crippen molar-refractivity contribution in [3.05, 3.63) is 65.0 Å². The number of allylic oxidation sites excluding steroid dienone is 2. The van der Waals surface area contributed by atoms with Crippen LogP contribution in [0, 0.1) is 6.92 Å². The molecule has 0 saturated carbocycles. The minimum Gasteiger partial charge on any atom is -0.504 e. The van der Waals surface area contributed by atoms with Crippen LogP contribution in [0.15, 0.2) is 48.3 Å². The van der Waals surface area contributed by atoms with E-state index >= 15 is 0 Å². The summed E-state index contributed by atoms with van der Waals surface area (Å²) < 4.78 is 0. The lowest BCUT2D eigenvalue weighted by Crippen LogP contribution is -2.26. The van der Waals surface area contributed by atoms with E-state index in [0.29, 0.717) is 18.1 Å². The minimum atomic E-state index is -0.142. The van der Waals surface area contributed by atoms with Crippen molar-refractivity contribution in [2.24, 2.45) is 5.73 Å². The molecule has 1 heterocycles. The topological polar surface area (TPSA) is 105 Å². The van der Waals surface area contributed by atoms with Gasteiger partial charge in [0.05, 0.1) is 0 Å². The van der Waals surface area contributed by atoms with E-state index in [1.165, 1.54) is 12.1 Å². The molecule has 0 atom stereocenters. The molecule has 1 aliphatic heterocycles. The van der Waals surface area contributed by atoms with Crippen LogP contribution in [0.1, 0.15) is 16.7 Å². The molecule has 3 rings (SSSR count). The van der Waals surface area contributed by atoms with E-state index in [2.05, 4.69) is 5.32 Å². The molecule has 23 heavy (non-hydrogen) atoms. The smallest absolute Gasteiger partial charge is 0.158 e. The number of hydrogen-bond acceptors (Lipinski definition) is 5. The number of dihydropyridines is 1. The number of nitrogen functional groups attached to an aromatic ring is 1. The molecule has 5 heteroatoms. The molecule has 0 unspecified atom stereocenters. The maximum Gasteiger partial charge on any atom is 0.158 e. The van der Waals surface area contributed by atoms with Gasteiger partial charge in [-0.25, -0.2) is 0 Å². The maximum atomic E-state index is 9.69. The second-order valence-electron chi connectivity index (χ2n) is 5.63. The average molecular weight is 309 g/mol. The first-order valence-electron chi connectivity index (χ1n) is 7.29. The Kier molecular flexibility index (Phi) is 3.62. The van der Waals surface area contributed by atoms with Crippen LogP contribution in [0.25, 0.3) is 11.1 Å². The number of phenols is 2. The van der Waals surface area contributed by atoms with Crippen LogP contribution in [0.2, 0.25) is 0 Å². The maximum absolute atomic E-state index is 9.69. The largest absolute Gasteiger partial charge is 0.504 e. The fraction of sp³-hybridized carbons (Fsp3) is 0.111. The molecule has 2 aromatic rings. The van der Waals surface area contributed by atoms with E-state index in [4.69, 9.17) is 11.5 Å². The molecule has 0 radical (unpaired) electrons. The Hall–Kier alpha value is -3.08. The molecule has 0 aromatic heterocycles. The highest BCUT2D eigenvalue weighted by atomic mass is 16.3. The lowest BCUT2D eigenvalue weighted by molar-refractivity contribution is 0.403. The molecule has 2 aromatic carbocycles. The highest BCUT2D eigenvalue weighted by Gasteiger charge is 2.16. The molecular weight excluding hydrogens is 290 g/mol. The molecule has 0 aliphatic carbocycles. The summed E-state index contributed by atoms with van der Waals surface area (Å²) in [5, 5.41) is 22.3. The fourth-order valence-electron chi connectivity index (χ4n) is 2.71. The van der Waals surface area contributed by atoms with Crippen LogP contribution < -0.4 is 16.8 Å². The van der Waals surface area contributed by atoms with Crippen molar-refractivity contribution in [1.29, 1.82) is 0 Å². The standard InChI is InChI=1S/C18H19N3O2/c1-10-6-13(19)3-4-14(10)15-7-12(9-21-18(15)20)11-2-5-16(22)17(23)8-11/h2-8,21-23H,9,19-20H2,1H3. The van der Waals surface area contributed by atoms with Crippen molar-refractivity contribution < 1.29 is 10.2 Å². The Morgan fingerprint density at radius 2 is 1.78 bits per heavy atom. The summed E-state index contributed by atoms with van der Waals surface area (Å²) >= 11 is 0. The first-order valence-corrected chi connectivity index (χ1v) is 7.29. The predicted octanol–water partition coefficient (Wildman–Crippen LogP) is 2.30. The number of nitrogens with one attached hydrogen (secondary N) is 1. The van der Waals surface area contributed by atoms with Gasteiger partial charge in [-0.3, -0.25) is 0 Å². The zero-order chi connectivity index (χ0) is 16.6. The van der Waals surface area contributed by atoms with E-state index in [1.807, 2.05) is 31.2 Å². The molecule has 0 spiro atoms. The van der Waals surface area contributed by atoms with Gasteiger partial charge in [0.2, 0.25) is 0 Å². The number of phenolic OH excluding ortho intramolecular Hbond substituents is 2. The lowest BCUT2D eigenvalue weighted by atomic mass is 9.93. The van der Waals surface area contributed by atoms with Crippen LogP contribution in [-0.2, 0) is 0 Å². The summed E-state index contributed by atoms with van der Waals surface area (Å²) in [6.07, 6.45) is 2.00. The zero-order valence-corrected chi connectivity index (χ0v) is 12.8. The van der Waals surface area contributed by atoms with E-state index in [9.17, 15) is 10.2 Å². The molecule has 118 valence electrons. The van der Waals surface area contributed by atoms with Crippen LogP contribution in [-0.4, -0.2) is 16.8 Å². The molecule has 5 nitrogen and oxygen atoms in total. The van der Waals surface area contributed by atoms with E-state index in [1.54, 1.807) is 6.07 Å². The molecule has 0 saturated heterocycles. The average Bonchev–Trinajstić information content (AvgIpc) is 2.51. The van der Waals surface area contributed by atoms with Crippen molar-refractivity contribution >= 4 is 16.8 Å². The number of nitrogens with two attached hydrogens (primary N) is 2. The second kappa shape index (κ2) is 5.61. The summed E-state index contributed by atoms with van der Waals surface area (Å²) in [5.41, 5.74) is 17.4. The van der Waals surface area contributed by atoms with Gasteiger partial charge in [0.15, 0.2) is 11.5 Å². The first kappa shape index (κ1) is 14.8. The highest BCUT2D eigenvalue weighted by molar-refractivity contribution is 5.89. The van der Waals surface area contributed by atoms with Crippen LogP contribution in [0.5, 0.6) is 11.5 Å². The predicted molar refractivity (Wildman–Crippen MR) is 92.5 cm³/mol. The highest BCUT2D eigenvalue weighted by Crippen LogP contribution is 2.32.